The molecule has 0 saturated carbocycles. The maximum atomic E-state index is 6.17. The lowest BCUT2D eigenvalue weighted by Crippen LogP contribution is -2.56. The van der Waals surface area contributed by atoms with Crippen LogP contribution in [0.4, 0.5) is 0 Å². The number of rotatable bonds is 6. The van der Waals surface area contributed by atoms with E-state index in [1.54, 1.807) is 0 Å². The van der Waals surface area contributed by atoms with Crippen molar-refractivity contribution in [3.63, 3.8) is 0 Å². The first-order chi connectivity index (χ1) is 9.59. The Labute approximate surface area is 128 Å². The van der Waals surface area contributed by atoms with Gasteiger partial charge >= 0.3 is 0 Å². The fraction of sp³-hybridized carbons (Fsp3) is 1.00. The topological polar surface area (TPSA) is 30.5 Å². The number of thioether (sulfide) groups is 1. The molecule has 4 unspecified atom stereocenters. The molecule has 2 fully saturated rings. The zero-order valence-electron chi connectivity index (χ0n) is 13.5. The van der Waals surface area contributed by atoms with Crippen LogP contribution in [-0.4, -0.2) is 49.0 Å². The molecule has 3 nitrogen and oxygen atoms in total. The summed E-state index contributed by atoms with van der Waals surface area (Å²) < 4.78 is 12.3. The Bertz CT molecular complexity index is 307. The highest BCUT2D eigenvalue weighted by Crippen LogP contribution is 2.43. The average Bonchev–Trinajstić information content (AvgIpc) is 2.88. The predicted octanol–water partition coefficient (Wildman–Crippen LogP) is 3.08. The van der Waals surface area contributed by atoms with Crippen LogP contribution in [0, 0.1) is 5.92 Å². The molecular weight excluding hydrogens is 270 g/mol. The van der Waals surface area contributed by atoms with Crippen LogP contribution in [0.2, 0.25) is 0 Å². The van der Waals surface area contributed by atoms with Crippen molar-refractivity contribution in [3.05, 3.63) is 0 Å². The summed E-state index contributed by atoms with van der Waals surface area (Å²) in [7, 11) is 2.09. The number of ether oxygens (including phenoxy) is 2. The zero-order valence-corrected chi connectivity index (χ0v) is 14.4. The van der Waals surface area contributed by atoms with E-state index in [0.717, 1.165) is 26.1 Å². The molecule has 20 heavy (non-hydrogen) atoms. The molecule has 0 radical (unpaired) electrons. The van der Waals surface area contributed by atoms with Gasteiger partial charge in [-0.15, -0.1) is 0 Å². The normalized spacial score (nSPS) is 35.1. The molecule has 2 aliphatic heterocycles. The van der Waals surface area contributed by atoms with Gasteiger partial charge in [0.15, 0.2) is 0 Å². The summed E-state index contributed by atoms with van der Waals surface area (Å²) in [6.07, 6.45) is 4.61. The predicted molar refractivity (Wildman–Crippen MR) is 86.5 cm³/mol. The van der Waals surface area contributed by atoms with Crippen LogP contribution in [0.15, 0.2) is 0 Å². The van der Waals surface area contributed by atoms with E-state index in [9.17, 15) is 0 Å². The first-order valence-corrected chi connectivity index (χ1v) is 9.27. The second-order valence-corrected chi connectivity index (χ2v) is 7.56. The van der Waals surface area contributed by atoms with Gasteiger partial charge in [-0.1, -0.05) is 6.92 Å². The minimum Gasteiger partial charge on any atom is -0.374 e. The lowest BCUT2D eigenvalue weighted by Gasteiger charge is -2.46. The highest BCUT2D eigenvalue weighted by atomic mass is 32.2. The molecule has 1 spiro atoms. The third kappa shape index (κ3) is 3.34. The Morgan fingerprint density at radius 2 is 2.30 bits per heavy atom. The van der Waals surface area contributed by atoms with Gasteiger partial charge < -0.3 is 14.8 Å². The van der Waals surface area contributed by atoms with E-state index in [2.05, 4.69) is 33.1 Å². The lowest BCUT2D eigenvalue weighted by molar-refractivity contribution is -0.119. The summed E-state index contributed by atoms with van der Waals surface area (Å²) in [5.41, 5.74) is 0.0853. The fourth-order valence-corrected chi connectivity index (χ4v) is 5.37. The molecule has 0 amide bonds. The molecule has 4 atom stereocenters. The SMILES string of the molecule is CCOC(C)(CC)C(NC)C1CCOC2(CCSC2)C1. The van der Waals surface area contributed by atoms with Crippen molar-refractivity contribution < 1.29 is 9.47 Å². The quantitative estimate of drug-likeness (QED) is 0.817. The second kappa shape index (κ2) is 6.99. The molecule has 0 aromatic carbocycles. The molecule has 0 aromatic rings. The summed E-state index contributed by atoms with van der Waals surface area (Å²) in [5.74, 6) is 3.09. The largest absolute Gasteiger partial charge is 0.374 e. The molecule has 0 bridgehead atoms. The van der Waals surface area contributed by atoms with E-state index in [4.69, 9.17) is 9.47 Å². The van der Waals surface area contributed by atoms with E-state index in [1.807, 2.05) is 11.8 Å². The van der Waals surface area contributed by atoms with Crippen molar-refractivity contribution in [1.29, 1.82) is 0 Å². The van der Waals surface area contributed by atoms with Crippen LogP contribution in [0.5, 0.6) is 0 Å². The Hall–Kier alpha value is 0.230. The number of likely N-dealkylation sites (N-methyl/N-ethyl adjacent to an activating group) is 1. The summed E-state index contributed by atoms with van der Waals surface area (Å²) >= 11 is 2.05. The highest BCUT2D eigenvalue weighted by Gasteiger charge is 2.46. The van der Waals surface area contributed by atoms with Gasteiger partial charge in [0.1, 0.15) is 0 Å². The van der Waals surface area contributed by atoms with Crippen LogP contribution >= 0.6 is 11.8 Å². The Morgan fingerprint density at radius 3 is 2.85 bits per heavy atom. The molecule has 2 heterocycles. The number of nitrogens with one attached hydrogen (secondary N) is 1. The smallest absolute Gasteiger partial charge is 0.0806 e. The molecule has 4 heteroatoms. The maximum absolute atomic E-state index is 6.17. The minimum absolute atomic E-state index is 0.0710. The van der Waals surface area contributed by atoms with Crippen molar-refractivity contribution >= 4 is 11.8 Å². The van der Waals surface area contributed by atoms with E-state index in [0.29, 0.717) is 12.0 Å². The van der Waals surface area contributed by atoms with Crippen molar-refractivity contribution in [2.24, 2.45) is 5.92 Å². The number of hydrogen-bond acceptors (Lipinski definition) is 4. The number of hydrogen-bond donors (Lipinski definition) is 1. The molecule has 2 saturated heterocycles. The fourth-order valence-electron chi connectivity index (χ4n) is 3.99. The highest BCUT2D eigenvalue weighted by molar-refractivity contribution is 7.99. The molecule has 0 aliphatic carbocycles. The van der Waals surface area contributed by atoms with Gasteiger partial charge in [-0.3, -0.25) is 0 Å². The van der Waals surface area contributed by atoms with Crippen molar-refractivity contribution in [1.82, 2.24) is 5.32 Å². The summed E-state index contributed by atoms with van der Waals surface area (Å²) in [6, 6.07) is 0.416. The van der Waals surface area contributed by atoms with E-state index in [1.165, 1.54) is 24.3 Å². The van der Waals surface area contributed by atoms with Crippen molar-refractivity contribution in [2.45, 2.75) is 63.7 Å². The van der Waals surface area contributed by atoms with Gasteiger partial charge in [-0.25, -0.2) is 0 Å². The third-order valence-electron chi connectivity index (χ3n) is 5.21. The van der Waals surface area contributed by atoms with Crippen molar-refractivity contribution in [2.75, 3.05) is 31.8 Å². The summed E-state index contributed by atoms with van der Waals surface area (Å²) in [4.78, 5) is 0. The second-order valence-electron chi connectivity index (χ2n) is 6.45. The lowest BCUT2D eigenvalue weighted by atomic mass is 9.75. The maximum Gasteiger partial charge on any atom is 0.0806 e. The van der Waals surface area contributed by atoms with Crippen LogP contribution in [0.1, 0.15) is 46.5 Å². The monoisotopic (exact) mass is 301 g/mol. The van der Waals surface area contributed by atoms with E-state index < -0.39 is 0 Å². The summed E-state index contributed by atoms with van der Waals surface area (Å²) in [6.45, 7) is 8.30. The van der Waals surface area contributed by atoms with Gasteiger partial charge in [0.05, 0.1) is 11.2 Å². The van der Waals surface area contributed by atoms with E-state index in [-0.39, 0.29) is 11.2 Å². The first kappa shape index (κ1) is 16.6. The molecular formula is C16H31NO2S. The summed E-state index contributed by atoms with van der Waals surface area (Å²) in [5, 5.41) is 3.57. The molecule has 2 aliphatic rings. The molecule has 118 valence electrons. The minimum atomic E-state index is -0.0710. The van der Waals surface area contributed by atoms with Crippen LogP contribution in [-0.2, 0) is 9.47 Å². The zero-order chi connectivity index (χ0) is 14.6. The van der Waals surface area contributed by atoms with Gasteiger partial charge in [0, 0.05) is 25.0 Å². The average molecular weight is 301 g/mol. The molecule has 1 N–H and O–H groups in total. The van der Waals surface area contributed by atoms with Gasteiger partial charge in [-0.05, 0) is 58.2 Å². The standard InChI is InChI=1S/C16H31NO2S/c1-5-15(3,18-6-2)14(17-4)13-7-9-19-16(11-13)8-10-20-12-16/h13-14,17H,5-12H2,1-4H3. The van der Waals surface area contributed by atoms with E-state index >= 15 is 0 Å². The molecule has 2 rings (SSSR count). The Balaban J connectivity index is 2.10. The van der Waals surface area contributed by atoms with Gasteiger partial charge in [-0.2, -0.15) is 11.8 Å². The first-order valence-electron chi connectivity index (χ1n) is 8.12. The molecule has 0 aromatic heterocycles. The van der Waals surface area contributed by atoms with Gasteiger partial charge in [0.25, 0.3) is 0 Å². The Kier molecular flexibility index (Phi) is 5.80. The van der Waals surface area contributed by atoms with Crippen LogP contribution in [0.3, 0.4) is 0 Å². The van der Waals surface area contributed by atoms with Crippen LogP contribution in [0.25, 0.3) is 0 Å². The van der Waals surface area contributed by atoms with Crippen LogP contribution < -0.4 is 5.32 Å². The van der Waals surface area contributed by atoms with Crippen molar-refractivity contribution in [3.8, 4) is 0 Å². The van der Waals surface area contributed by atoms with Gasteiger partial charge in [0.2, 0.25) is 0 Å². The third-order valence-corrected chi connectivity index (χ3v) is 6.44. The Morgan fingerprint density at radius 1 is 1.50 bits per heavy atom.